The highest BCUT2D eigenvalue weighted by Gasteiger charge is 2.15. The molecule has 0 unspecified atom stereocenters. The fraction of sp³-hybridized carbons (Fsp3) is 0.0303. The molecule has 0 aliphatic heterocycles. The molecule has 0 fully saturated rings. The SMILES string of the molecule is C=N/C(=N\Cn1c2ccccc2c2ccc(-c3cccc4c3oc3ccccc34)cc21)c1ccccc1. The van der Waals surface area contributed by atoms with E-state index in [1.54, 1.807) is 0 Å². The van der Waals surface area contributed by atoms with Crippen LogP contribution in [0.4, 0.5) is 0 Å². The van der Waals surface area contributed by atoms with Crippen molar-refractivity contribution in [2.75, 3.05) is 0 Å². The Labute approximate surface area is 213 Å². The van der Waals surface area contributed by atoms with Gasteiger partial charge >= 0.3 is 0 Å². The van der Waals surface area contributed by atoms with E-state index < -0.39 is 0 Å². The van der Waals surface area contributed by atoms with Crippen molar-refractivity contribution in [1.29, 1.82) is 0 Å². The molecular weight excluding hydrogens is 454 g/mol. The monoisotopic (exact) mass is 477 g/mol. The van der Waals surface area contributed by atoms with Crippen molar-refractivity contribution in [2.24, 2.45) is 9.98 Å². The van der Waals surface area contributed by atoms with Crippen molar-refractivity contribution < 1.29 is 4.42 Å². The number of rotatable bonds is 4. The highest BCUT2D eigenvalue weighted by atomic mass is 16.3. The summed E-state index contributed by atoms with van der Waals surface area (Å²) in [6, 6.07) is 39.6. The van der Waals surface area contributed by atoms with Crippen molar-refractivity contribution >= 4 is 56.3 Å². The highest BCUT2D eigenvalue weighted by Crippen LogP contribution is 2.38. The first-order valence-corrected chi connectivity index (χ1v) is 12.3. The topological polar surface area (TPSA) is 42.8 Å². The van der Waals surface area contributed by atoms with Crippen LogP contribution in [0.2, 0.25) is 0 Å². The van der Waals surface area contributed by atoms with Crippen molar-refractivity contribution in [1.82, 2.24) is 4.57 Å². The Morgan fingerprint density at radius 3 is 2.27 bits per heavy atom. The van der Waals surface area contributed by atoms with Gasteiger partial charge in [-0.3, -0.25) is 0 Å². The molecule has 0 N–H and O–H groups in total. The predicted molar refractivity (Wildman–Crippen MR) is 155 cm³/mol. The van der Waals surface area contributed by atoms with E-state index >= 15 is 0 Å². The summed E-state index contributed by atoms with van der Waals surface area (Å²) in [6.07, 6.45) is 0. The van der Waals surface area contributed by atoms with Crippen LogP contribution in [0.25, 0.3) is 54.9 Å². The maximum atomic E-state index is 6.33. The average molecular weight is 478 g/mol. The standard InChI is InChI=1S/C33H23N3O/c1-34-33(22-10-3-2-4-11-22)35-21-36-29-16-7-5-12-25(29)26-19-18-23(20-30(26)36)24-14-9-15-28-27-13-6-8-17-31(27)37-32(24)28/h2-20H,1,21H2/b35-33-. The fourth-order valence-corrected chi connectivity index (χ4v) is 5.30. The lowest BCUT2D eigenvalue weighted by Gasteiger charge is -2.08. The average Bonchev–Trinajstić information content (AvgIpc) is 3.49. The van der Waals surface area contributed by atoms with Gasteiger partial charge in [-0.1, -0.05) is 97.1 Å². The van der Waals surface area contributed by atoms with E-state index in [-0.39, 0.29) is 0 Å². The van der Waals surface area contributed by atoms with Crippen molar-refractivity contribution in [2.45, 2.75) is 6.67 Å². The Kier molecular flexibility index (Phi) is 4.96. The molecule has 0 radical (unpaired) electrons. The number of hydrogen-bond donors (Lipinski definition) is 0. The van der Waals surface area contributed by atoms with E-state index in [1.807, 2.05) is 42.5 Å². The van der Waals surface area contributed by atoms with Gasteiger partial charge < -0.3 is 8.98 Å². The van der Waals surface area contributed by atoms with Gasteiger partial charge in [0.05, 0.1) is 11.0 Å². The minimum atomic E-state index is 0.436. The number of furan rings is 1. The number of para-hydroxylation sites is 3. The zero-order valence-electron chi connectivity index (χ0n) is 20.1. The summed E-state index contributed by atoms with van der Waals surface area (Å²) >= 11 is 0. The summed E-state index contributed by atoms with van der Waals surface area (Å²) in [5, 5.41) is 4.66. The number of benzene rings is 5. The lowest BCUT2D eigenvalue weighted by atomic mass is 10.0. The van der Waals surface area contributed by atoms with Gasteiger partial charge in [-0.2, -0.15) is 0 Å². The highest BCUT2D eigenvalue weighted by molar-refractivity contribution is 6.12. The zero-order chi connectivity index (χ0) is 24.8. The van der Waals surface area contributed by atoms with Crippen molar-refractivity contribution in [3.63, 3.8) is 0 Å². The fourth-order valence-electron chi connectivity index (χ4n) is 5.30. The second kappa shape index (κ2) is 8.61. The van der Waals surface area contributed by atoms with E-state index in [0.29, 0.717) is 12.5 Å². The van der Waals surface area contributed by atoms with Gasteiger partial charge in [0, 0.05) is 32.7 Å². The molecule has 0 bridgehead atoms. The third kappa shape index (κ3) is 3.46. The Morgan fingerprint density at radius 2 is 1.41 bits per heavy atom. The molecule has 7 rings (SSSR count). The molecule has 0 saturated heterocycles. The number of hydrogen-bond acceptors (Lipinski definition) is 2. The number of nitrogens with zero attached hydrogens (tertiary/aromatic N) is 3. The van der Waals surface area contributed by atoms with Gasteiger partial charge in [-0.25, -0.2) is 9.98 Å². The maximum absolute atomic E-state index is 6.33. The van der Waals surface area contributed by atoms with Gasteiger partial charge in [-0.05, 0) is 30.5 Å². The molecule has 176 valence electrons. The summed E-state index contributed by atoms with van der Waals surface area (Å²) < 4.78 is 8.58. The largest absolute Gasteiger partial charge is 0.455 e. The molecule has 2 heterocycles. The predicted octanol–water partition coefficient (Wildman–Crippen LogP) is 8.47. The lowest BCUT2D eigenvalue weighted by Crippen LogP contribution is -2.02. The first-order valence-electron chi connectivity index (χ1n) is 12.3. The first-order chi connectivity index (χ1) is 18.3. The van der Waals surface area contributed by atoms with Crippen molar-refractivity contribution in [3.05, 3.63) is 121 Å². The smallest absolute Gasteiger partial charge is 0.155 e. The molecule has 0 amide bonds. The van der Waals surface area contributed by atoms with Crippen LogP contribution in [-0.4, -0.2) is 17.1 Å². The van der Waals surface area contributed by atoms with Crippen LogP contribution >= 0.6 is 0 Å². The van der Waals surface area contributed by atoms with E-state index in [9.17, 15) is 0 Å². The molecule has 4 heteroatoms. The molecule has 37 heavy (non-hydrogen) atoms. The van der Waals surface area contributed by atoms with Gasteiger partial charge in [-0.15, -0.1) is 0 Å². The minimum absolute atomic E-state index is 0.436. The third-order valence-electron chi connectivity index (χ3n) is 7.03. The summed E-state index contributed by atoms with van der Waals surface area (Å²) in [5.41, 5.74) is 7.20. The molecule has 4 nitrogen and oxygen atoms in total. The molecular formula is C33H23N3O. The van der Waals surface area contributed by atoms with Crippen LogP contribution in [0, 0.1) is 0 Å². The molecule has 0 aliphatic rings. The lowest BCUT2D eigenvalue weighted by molar-refractivity contribution is 0.670. The Morgan fingerprint density at radius 1 is 0.676 bits per heavy atom. The minimum Gasteiger partial charge on any atom is -0.455 e. The molecule has 2 aromatic heterocycles. The Balaban J connectivity index is 1.42. The number of aromatic nitrogens is 1. The zero-order valence-corrected chi connectivity index (χ0v) is 20.1. The number of fused-ring (bicyclic) bond motifs is 6. The quantitative estimate of drug-likeness (QED) is 0.185. The van der Waals surface area contributed by atoms with E-state index in [0.717, 1.165) is 49.7 Å². The summed E-state index contributed by atoms with van der Waals surface area (Å²) in [5.74, 6) is 0.634. The van der Waals surface area contributed by atoms with Crippen LogP contribution in [0.1, 0.15) is 5.56 Å². The second-order valence-electron chi connectivity index (χ2n) is 9.10. The van der Waals surface area contributed by atoms with E-state index in [4.69, 9.17) is 9.41 Å². The van der Waals surface area contributed by atoms with Gasteiger partial charge in [0.1, 0.15) is 17.8 Å². The summed E-state index contributed by atoms with van der Waals surface area (Å²) in [4.78, 5) is 9.08. The van der Waals surface area contributed by atoms with Gasteiger partial charge in [0.25, 0.3) is 0 Å². The Bertz CT molecular complexity index is 1980. The van der Waals surface area contributed by atoms with E-state index in [2.05, 4.69) is 89.1 Å². The normalized spacial score (nSPS) is 12.2. The van der Waals surface area contributed by atoms with E-state index in [1.165, 1.54) is 10.8 Å². The molecule has 0 atom stereocenters. The first kappa shape index (κ1) is 21.3. The van der Waals surface area contributed by atoms with Crippen LogP contribution in [-0.2, 0) is 6.67 Å². The molecule has 7 aromatic rings. The van der Waals surface area contributed by atoms with Crippen LogP contribution in [0.15, 0.2) is 130 Å². The molecule has 0 spiro atoms. The second-order valence-corrected chi connectivity index (χ2v) is 9.10. The van der Waals surface area contributed by atoms with Crippen LogP contribution in [0.3, 0.4) is 0 Å². The van der Waals surface area contributed by atoms with Crippen LogP contribution < -0.4 is 0 Å². The van der Waals surface area contributed by atoms with Gasteiger partial charge in [0.15, 0.2) is 5.84 Å². The summed E-state index contributed by atoms with van der Waals surface area (Å²) in [6.45, 7) is 4.20. The molecule has 5 aromatic carbocycles. The van der Waals surface area contributed by atoms with Gasteiger partial charge in [0.2, 0.25) is 0 Å². The maximum Gasteiger partial charge on any atom is 0.155 e. The Hall–Kier alpha value is -4.96. The molecule has 0 aliphatic carbocycles. The summed E-state index contributed by atoms with van der Waals surface area (Å²) in [7, 11) is 0. The third-order valence-corrected chi connectivity index (χ3v) is 7.03. The number of aliphatic imine (C=N–C) groups is 2. The van der Waals surface area contributed by atoms with Crippen molar-refractivity contribution in [3.8, 4) is 11.1 Å². The number of amidine groups is 1. The van der Waals surface area contributed by atoms with Crippen LogP contribution in [0.5, 0.6) is 0 Å². The molecule has 0 saturated carbocycles.